The molecule has 5 rings (SSSR count). The van der Waals surface area contributed by atoms with Crippen LogP contribution in [0.15, 0.2) is 36.9 Å². The summed E-state index contributed by atoms with van der Waals surface area (Å²) < 4.78 is 69.5. The Balaban J connectivity index is 0.000000242. The van der Waals surface area contributed by atoms with E-state index in [9.17, 15) is 26.7 Å². The summed E-state index contributed by atoms with van der Waals surface area (Å²) in [6, 6.07) is 2.50. The Labute approximate surface area is 218 Å². The normalized spacial score (nSPS) is 16.4. The van der Waals surface area contributed by atoms with Crippen LogP contribution in [-0.2, 0) is 17.3 Å². The molecule has 0 aliphatic carbocycles. The van der Waals surface area contributed by atoms with Crippen LogP contribution in [0.5, 0.6) is 0 Å². The number of rotatable bonds is 4. The summed E-state index contributed by atoms with van der Waals surface area (Å²) in [6.45, 7) is 3.72. The molecule has 1 aliphatic rings. The fourth-order valence-electron chi connectivity index (χ4n) is 3.99. The molecule has 0 saturated carbocycles. The number of alkyl halides is 5. The first-order chi connectivity index (χ1) is 18.0. The second-order valence-electron chi connectivity index (χ2n) is 7.82. The van der Waals surface area contributed by atoms with E-state index in [1.54, 1.807) is 14.1 Å². The van der Waals surface area contributed by atoms with Crippen molar-refractivity contribution in [2.45, 2.75) is 31.9 Å². The highest BCUT2D eigenvalue weighted by Crippen LogP contribution is 2.53. The summed E-state index contributed by atoms with van der Waals surface area (Å²) in [5.74, 6) is 0. The van der Waals surface area contributed by atoms with Crippen LogP contribution in [-0.4, -0.2) is 60.8 Å². The minimum absolute atomic E-state index is 0.00222. The van der Waals surface area contributed by atoms with Gasteiger partial charge < -0.3 is 10.2 Å². The van der Waals surface area contributed by atoms with Gasteiger partial charge in [-0.1, -0.05) is 25.4 Å². The van der Waals surface area contributed by atoms with E-state index in [1.807, 2.05) is 13.8 Å². The van der Waals surface area contributed by atoms with Crippen molar-refractivity contribution in [1.29, 1.82) is 0 Å². The highest BCUT2D eigenvalue weighted by molar-refractivity contribution is 6.29. The third kappa shape index (κ3) is 5.23. The number of fused-ring (bicyclic) bond motifs is 3. The predicted molar refractivity (Wildman–Crippen MR) is 129 cm³/mol. The molecule has 0 spiro atoms. The molecule has 1 atom stereocenters. The lowest BCUT2D eigenvalue weighted by atomic mass is 9.79. The first-order valence-electron chi connectivity index (χ1n) is 11.1. The first-order valence-corrected chi connectivity index (χ1v) is 11.5. The zero-order valence-electron chi connectivity index (χ0n) is 20.6. The number of aryl methyl sites for hydroxylation is 1. The van der Waals surface area contributed by atoms with E-state index in [0.717, 1.165) is 6.07 Å². The maximum absolute atomic E-state index is 14.3. The van der Waals surface area contributed by atoms with Gasteiger partial charge >= 0.3 is 6.18 Å². The van der Waals surface area contributed by atoms with E-state index in [1.165, 1.54) is 45.0 Å². The van der Waals surface area contributed by atoms with Crippen molar-refractivity contribution in [3.63, 3.8) is 0 Å². The van der Waals surface area contributed by atoms with Crippen LogP contribution in [0.2, 0.25) is 5.15 Å². The fourth-order valence-corrected chi connectivity index (χ4v) is 4.16. The largest absolute Gasteiger partial charge is 0.405 e. The molecule has 0 radical (unpaired) electrons. The number of halogens is 6. The number of nitrogens with one attached hydrogen (secondary N) is 1. The summed E-state index contributed by atoms with van der Waals surface area (Å²) in [5, 5.41) is 16.7. The molecule has 0 aromatic carbocycles. The van der Waals surface area contributed by atoms with Crippen LogP contribution in [0.3, 0.4) is 0 Å². The zero-order valence-corrected chi connectivity index (χ0v) is 21.3. The molecule has 0 unspecified atom stereocenters. The Morgan fingerprint density at radius 2 is 1.87 bits per heavy atom. The minimum Gasteiger partial charge on any atom is -0.370 e. The lowest BCUT2D eigenvalue weighted by Gasteiger charge is -2.31. The Kier molecular flexibility index (Phi) is 8.49. The van der Waals surface area contributed by atoms with Crippen molar-refractivity contribution in [2.24, 2.45) is 7.05 Å². The summed E-state index contributed by atoms with van der Waals surface area (Å²) in [6.07, 6.45) is -1.62. The van der Waals surface area contributed by atoms with Crippen molar-refractivity contribution in [3.05, 3.63) is 59.0 Å². The molecular formula is C22H23ClF5N9O. The van der Waals surface area contributed by atoms with Gasteiger partial charge in [0.15, 0.2) is 16.2 Å². The highest BCUT2D eigenvalue weighted by atomic mass is 35.5. The van der Waals surface area contributed by atoms with E-state index in [-0.39, 0.29) is 34.3 Å². The van der Waals surface area contributed by atoms with E-state index in [4.69, 9.17) is 11.6 Å². The van der Waals surface area contributed by atoms with Crippen LogP contribution in [0, 0.1) is 0 Å². The van der Waals surface area contributed by atoms with Crippen LogP contribution in [0.25, 0.3) is 5.65 Å². The van der Waals surface area contributed by atoms with Crippen molar-refractivity contribution < 1.29 is 26.7 Å². The van der Waals surface area contributed by atoms with Crippen molar-refractivity contribution in [3.8, 4) is 0 Å². The number of aromatic nitrogens is 7. The average molecular weight is 560 g/mol. The van der Waals surface area contributed by atoms with Gasteiger partial charge in [0.05, 0.1) is 35.7 Å². The predicted octanol–water partition coefficient (Wildman–Crippen LogP) is 4.42. The second-order valence-corrected chi connectivity index (χ2v) is 8.21. The third-order valence-corrected chi connectivity index (χ3v) is 5.71. The van der Waals surface area contributed by atoms with Gasteiger partial charge in [0.25, 0.3) is 6.43 Å². The quantitative estimate of drug-likeness (QED) is 0.291. The zero-order chi connectivity index (χ0) is 28.3. The topological polar surface area (TPSA) is 106 Å². The summed E-state index contributed by atoms with van der Waals surface area (Å²) >= 11 is 5.90. The molecule has 0 saturated heterocycles. The van der Waals surface area contributed by atoms with Crippen LogP contribution >= 0.6 is 11.6 Å². The number of hydrogen-bond donors (Lipinski definition) is 1. The van der Waals surface area contributed by atoms with Crippen LogP contribution < -0.4 is 10.2 Å². The molecule has 4 aromatic rings. The molecule has 5 heterocycles. The van der Waals surface area contributed by atoms with Gasteiger partial charge in [-0.05, 0) is 6.07 Å². The maximum Gasteiger partial charge on any atom is 0.405 e. The van der Waals surface area contributed by atoms with E-state index in [2.05, 4.69) is 30.7 Å². The first kappa shape index (κ1) is 28.7. The standard InChI is InChI=1S/C14H12ClF3N6.C6H5F2N3O.C2H6/c1-22-7-13(14(16,17)18,8-4-20-23(2)6-8)12-9(22)5-19-11-3-10(15)21-24(11)12;7-6(8)5-1-4(9-3-12)2-10-11-5;1-2/h3-6H,7H2,1-2H3;1-3,6H,(H,9,11,12);1-2H3/t13-;;/m0../s1. The molecule has 0 fully saturated rings. The number of nitrogens with zero attached hydrogens (tertiary/aromatic N) is 8. The molecule has 4 aromatic heterocycles. The monoisotopic (exact) mass is 559 g/mol. The lowest BCUT2D eigenvalue weighted by molar-refractivity contribution is -0.174. The lowest BCUT2D eigenvalue weighted by Crippen LogP contribution is -2.47. The Bertz CT molecular complexity index is 1410. The number of carbonyl (C=O) groups is 1. The van der Waals surface area contributed by atoms with Gasteiger partial charge in [-0.2, -0.15) is 28.5 Å². The second kappa shape index (κ2) is 11.2. The molecule has 1 aliphatic heterocycles. The number of hydrogen-bond acceptors (Lipinski definition) is 7. The molecule has 204 valence electrons. The third-order valence-electron chi connectivity index (χ3n) is 5.53. The van der Waals surface area contributed by atoms with Crippen LogP contribution in [0.4, 0.5) is 33.3 Å². The van der Waals surface area contributed by atoms with Gasteiger partial charge in [-0.3, -0.25) is 9.48 Å². The fraction of sp³-hybridized carbons (Fsp3) is 0.364. The smallest absolute Gasteiger partial charge is 0.370 e. The van der Waals surface area contributed by atoms with Gasteiger partial charge in [0.2, 0.25) is 6.41 Å². The van der Waals surface area contributed by atoms with Crippen molar-refractivity contribution >= 4 is 35.0 Å². The molecule has 1 amide bonds. The minimum atomic E-state index is -4.55. The summed E-state index contributed by atoms with van der Waals surface area (Å²) in [5.41, 5.74) is -1.82. The Hall–Kier alpha value is -3.88. The van der Waals surface area contributed by atoms with Crippen molar-refractivity contribution in [1.82, 2.24) is 34.6 Å². The Morgan fingerprint density at radius 1 is 1.16 bits per heavy atom. The van der Waals surface area contributed by atoms with Gasteiger partial charge in [0, 0.05) is 38.5 Å². The van der Waals surface area contributed by atoms with Crippen molar-refractivity contribution in [2.75, 3.05) is 23.8 Å². The number of carbonyl (C=O) groups excluding carboxylic acids is 1. The van der Waals surface area contributed by atoms with Gasteiger partial charge in [-0.25, -0.2) is 18.3 Å². The number of likely N-dealkylation sites (N-methyl/N-ethyl adjacent to an activating group) is 1. The molecule has 0 bridgehead atoms. The summed E-state index contributed by atoms with van der Waals surface area (Å²) in [7, 11) is 3.18. The van der Waals surface area contributed by atoms with E-state index >= 15 is 0 Å². The Morgan fingerprint density at radius 3 is 2.45 bits per heavy atom. The molecule has 10 nitrogen and oxygen atoms in total. The van der Waals surface area contributed by atoms with Gasteiger partial charge in [0.1, 0.15) is 5.69 Å². The van der Waals surface area contributed by atoms with E-state index in [0.29, 0.717) is 12.1 Å². The summed E-state index contributed by atoms with van der Waals surface area (Å²) in [4.78, 5) is 15.6. The number of amides is 1. The maximum atomic E-state index is 14.3. The van der Waals surface area contributed by atoms with Gasteiger partial charge in [-0.15, -0.1) is 5.10 Å². The number of anilines is 2. The average Bonchev–Trinajstić information content (AvgIpc) is 3.55. The van der Waals surface area contributed by atoms with Crippen LogP contribution in [0.1, 0.15) is 37.2 Å². The van der Waals surface area contributed by atoms with E-state index < -0.39 is 23.7 Å². The molecular weight excluding hydrogens is 537 g/mol. The SMILES string of the molecule is CC.CN1C[C@@](c2cnn(C)c2)(C(F)(F)F)c2c1cnc1cc(Cl)nn21.O=CNc1cnnc(C(F)F)c1. The molecule has 38 heavy (non-hydrogen) atoms. The highest BCUT2D eigenvalue weighted by Gasteiger charge is 2.64. The molecule has 1 N–H and O–H groups in total. The molecule has 16 heteroatoms.